The highest BCUT2D eigenvalue weighted by atomic mass is 16.2. The van der Waals surface area contributed by atoms with Crippen molar-refractivity contribution in [2.24, 2.45) is 15.0 Å². The van der Waals surface area contributed by atoms with E-state index < -0.39 is 43.8 Å². The predicted octanol–water partition coefficient (Wildman–Crippen LogP) is 16.4. The molecule has 0 spiro atoms. The van der Waals surface area contributed by atoms with Crippen LogP contribution in [0, 0.1) is 62.2 Å². The molecule has 0 radical (unpaired) electrons. The van der Waals surface area contributed by atoms with E-state index in [1.54, 1.807) is 131 Å². The largest absolute Gasteiger partial charge is 0.324 e. The Morgan fingerprint density at radius 2 is 0.833 bits per heavy atom. The maximum atomic E-state index is 13.5. The predicted molar refractivity (Wildman–Crippen MR) is 422 cm³/mol. The Bertz CT molecular complexity index is 7030. The highest BCUT2D eigenvalue weighted by molar-refractivity contribution is 6.06. The number of imidazole rings is 1. The van der Waals surface area contributed by atoms with E-state index in [9.17, 15) is 14.4 Å². The second-order valence-electron chi connectivity index (χ2n) is 24.0. The number of aryl methyl sites for hydroxylation is 6. The molecule has 0 unspecified atom stereocenters. The van der Waals surface area contributed by atoms with E-state index in [0.29, 0.717) is 44.9 Å². The first-order chi connectivity index (χ1) is 61.9. The Morgan fingerprint density at radius 1 is 0.426 bits per heavy atom. The Kier molecular flexibility index (Phi) is 14.8. The van der Waals surface area contributed by atoms with Gasteiger partial charge >= 0.3 is 0 Å². The first kappa shape index (κ1) is 48.5. The molecule has 15 aromatic rings. The number of hydrogen-bond donors (Lipinski definition) is 6. The fourth-order valence-electron chi connectivity index (χ4n) is 10.3. The molecule has 9 heterocycles. The summed E-state index contributed by atoms with van der Waals surface area (Å²) < 4.78 is 195. The van der Waals surface area contributed by atoms with Crippen LogP contribution in [0.25, 0.3) is 50.8 Å². The molecule has 22 heteroatoms. The lowest BCUT2D eigenvalue weighted by Gasteiger charge is -2.11. The minimum atomic E-state index is -2.62. The molecule has 0 saturated heterocycles. The van der Waals surface area contributed by atoms with E-state index >= 15 is 0 Å². The molecule has 0 aliphatic rings. The van der Waals surface area contributed by atoms with Crippen LogP contribution in [-0.4, -0.2) is 81.3 Å². The fourth-order valence-corrected chi connectivity index (χ4v) is 10.3. The number of nitrogens with zero attached hydrogens (tertiary/aromatic N) is 13. The monoisotopic (exact) mass is 1450 g/mol. The summed E-state index contributed by atoms with van der Waals surface area (Å²) in [5.74, 6) is -2.12. The van der Waals surface area contributed by atoms with Crippen molar-refractivity contribution in [2.75, 3.05) is 16.0 Å². The van der Waals surface area contributed by atoms with Gasteiger partial charge in [-0.1, -0.05) is 18.2 Å². The number of aromatic nitrogens is 13. The van der Waals surface area contributed by atoms with Gasteiger partial charge in [-0.15, -0.1) is 0 Å². The van der Waals surface area contributed by atoms with Gasteiger partial charge in [0.2, 0.25) is 16.9 Å². The van der Waals surface area contributed by atoms with Crippen molar-refractivity contribution < 1.29 is 45.9 Å². The highest BCUT2D eigenvalue weighted by Crippen LogP contribution is 2.28. The number of rotatable bonds is 15. The van der Waals surface area contributed by atoms with Gasteiger partial charge < -0.3 is 44.6 Å². The summed E-state index contributed by atoms with van der Waals surface area (Å²) in [4.78, 5) is 90.5. The lowest BCUT2D eigenvalue weighted by Crippen LogP contribution is -2.14. The number of H-pyrrole nitrogens is 3. The van der Waals surface area contributed by atoms with Crippen molar-refractivity contribution >= 4 is 51.8 Å². The van der Waals surface area contributed by atoms with E-state index in [1.807, 2.05) is 13.0 Å². The fraction of sp³-hybridized carbons (Fsp3) is 0.105. The Labute approximate surface area is 655 Å². The molecule has 0 fully saturated rings. The SMILES string of the molecule is [2H]c1nc(=Nc2cc(C(=O)Nc3c([2H])c(C)c([2H])c(-n4c([2H])cc(C)c4[2H])c3[2H])ccc2C)[nH]c(-c2cccnc2)c1[2H].[2H]c1nc(=Nc2cc(C(=O)Nc3c([2H])c(C)c([2H])c(-n4ccc(C)c4)c3[2H])ccc2C([2H])([2H])[2H])[nH]c(-c2cccnc2)c1[2H].[2H]c1nc(=Nc2cc(C(=O)Nc3c([2H])c(C)c([2H])c(-n4cnc(C)c4)c3[2H])ccc2C([2H])([2H])[2H])[nH]c(-c2cccnc2)c1[2H]. The van der Waals surface area contributed by atoms with Crippen molar-refractivity contribution in [1.29, 1.82) is 0 Å². The summed E-state index contributed by atoms with van der Waals surface area (Å²) in [5, 5.41) is 7.79. The van der Waals surface area contributed by atoms with Crippen molar-refractivity contribution in [3.05, 3.63) is 352 Å². The highest BCUT2D eigenvalue weighted by Gasteiger charge is 2.16. The molecule has 6 aromatic carbocycles. The Balaban J connectivity index is 0.000000167. The number of carbonyl (C=O) groups is 3. The van der Waals surface area contributed by atoms with E-state index in [4.69, 9.17) is 31.5 Å². The van der Waals surface area contributed by atoms with Crippen molar-refractivity contribution in [3.63, 3.8) is 0 Å². The molecule has 0 atom stereocenters. The van der Waals surface area contributed by atoms with Crippen LogP contribution < -0.4 is 32.8 Å². The van der Waals surface area contributed by atoms with Gasteiger partial charge in [0.05, 0.1) is 69.5 Å². The number of anilines is 3. The summed E-state index contributed by atoms with van der Waals surface area (Å²) in [7, 11) is 0. The van der Waals surface area contributed by atoms with Crippen LogP contribution in [0.1, 0.15) is 113 Å². The van der Waals surface area contributed by atoms with Gasteiger partial charge in [-0.2, -0.15) is 0 Å². The van der Waals surface area contributed by atoms with Crippen molar-refractivity contribution in [2.45, 2.75) is 62.2 Å². The van der Waals surface area contributed by atoms with Gasteiger partial charge in [0.15, 0.2) is 0 Å². The number of benzene rings is 6. The Hall–Kier alpha value is -14.4. The van der Waals surface area contributed by atoms with Crippen LogP contribution in [0.5, 0.6) is 0 Å². The lowest BCUT2D eigenvalue weighted by atomic mass is 10.1. The molecule has 0 aliphatic heterocycles. The molecule has 108 heavy (non-hydrogen) atoms. The van der Waals surface area contributed by atoms with Crippen LogP contribution in [0.2, 0.25) is 0 Å². The van der Waals surface area contributed by atoms with Crippen LogP contribution in [0.3, 0.4) is 0 Å². The van der Waals surface area contributed by atoms with Gasteiger partial charge in [-0.3, -0.25) is 29.3 Å². The molecule has 22 nitrogen and oxygen atoms in total. The van der Waals surface area contributed by atoms with Gasteiger partial charge in [0, 0.05) is 162 Å². The van der Waals surface area contributed by atoms with E-state index in [-0.39, 0.29) is 209 Å². The molecule has 9 aromatic heterocycles. The van der Waals surface area contributed by atoms with Crippen molar-refractivity contribution in [1.82, 2.24) is 63.5 Å². The van der Waals surface area contributed by atoms with E-state index in [0.717, 1.165) is 10.1 Å². The number of amides is 3. The van der Waals surface area contributed by atoms with E-state index in [1.165, 1.54) is 78.7 Å². The number of aromatic amines is 3. The molecule has 0 bridgehead atoms. The zero-order valence-corrected chi connectivity index (χ0v) is 58.6. The molecular formula is C86H77N19O3. The average Bonchev–Trinajstić information content (AvgIpc) is 1.76. The quantitative estimate of drug-likeness (QED) is 0.0564. The third-order valence-electron chi connectivity index (χ3n) is 15.6. The third-order valence-corrected chi connectivity index (χ3v) is 15.6. The first-order valence-corrected chi connectivity index (χ1v) is 33.0. The summed E-state index contributed by atoms with van der Waals surface area (Å²) in [6, 6.07) is 23.4. The normalized spacial score (nSPS) is 14.7. The molecule has 534 valence electrons. The zero-order valence-electron chi connectivity index (χ0n) is 81.6. The van der Waals surface area contributed by atoms with Gasteiger partial charge in [0.1, 0.15) is 0 Å². The third kappa shape index (κ3) is 18.5. The lowest BCUT2D eigenvalue weighted by molar-refractivity contribution is 0.101. The molecule has 0 aliphatic carbocycles. The Morgan fingerprint density at radius 3 is 1.19 bits per heavy atom. The van der Waals surface area contributed by atoms with Crippen LogP contribution in [0.15, 0.2) is 284 Å². The van der Waals surface area contributed by atoms with Gasteiger partial charge in [0.25, 0.3) is 17.7 Å². The van der Waals surface area contributed by atoms with Crippen LogP contribution in [0.4, 0.5) is 34.1 Å². The molecule has 15 rings (SSSR count). The second-order valence-corrected chi connectivity index (χ2v) is 24.0. The smallest absolute Gasteiger partial charge is 0.255 e. The topological polar surface area (TPSA) is 277 Å². The minimum Gasteiger partial charge on any atom is -0.324 e. The summed E-state index contributed by atoms with van der Waals surface area (Å²) >= 11 is 0. The molecular weight excluding hydrogens is 1350 g/mol. The zero-order chi connectivity index (χ0) is 95.0. The maximum absolute atomic E-state index is 13.5. The minimum absolute atomic E-state index is 0.0152. The number of nitrogens with one attached hydrogen (secondary N) is 6. The van der Waals surface area contributed by atoms with Crippen molar-refractivity contribution in [3.8, 4) is 50.8 Å². The first-order valence-electron chi connectivity index (χ1n) is 44.5. The maximum Gasteiger partial charge on any atom is 0.255 e. The summed E-state index contributed by atoms with van der Waals surface area (Å²) in [5.41, 5.74) is 5.14. The molecule has 6 N–H and O–H groups in total. The number of pyridine rings is 3. The molecule has 0 saturated carbocycles. The van der Waals surface area contributed by atoms with Gasteiger partial charge in [-0.05, 0) is 264 Å². The van der Waals surface area contributed by atoms with Crippen LogP contribution in [-0.2, 0) is 0 Å². The average molecular weight is 1450 g/mol. The molecule has 3 amide bonds. The van der Waals surface area contributed by atoms with E-state index in [2.05, 4.69) is 80.8 Å². The number of carbonyl (C=O) groups excluding carboxylic acids is 3. The van der Waals surface area contributed by atoms with Crippen LogP contribution >= 0.6 is 0 Å². The summed E-state index contributed by atoms with van der Waals surface area (Å²) in [6.45, 7) is 6.43. The summed E-state index contributed by atoms with van der Waals surface area (Å²) in [6.07, 6.45) is 14.5. The number of hydrogen-bond acceptors (Lipinski definition) is 13. The second kappa shape index (κ2) is 32.9. The van der Waals surface area contributed by atoms with Gasteiger partial charge in [-0.25, -0.2) is 34.9 Å². The standard InChI is InChI=1S/2C29H26N6O.C28H25N7O/c2*1-19-9-12-35(18-19)25-14-20(2)13-24(16-25)32-28(36)22-7-6-21(3)27(15-22)34-29-31-11-8-26(33-29)23-5-4-10-30-17-23;1-18-11-23(14-24(12-18)35-16-20(3)31-17-35)32-27(36)21-7-6-19(2)26(13-21)34-28-30-10-8-25(33-28)22-5-4-9-29-15-22/h2*4-18H,1-3H3,(H,32,36)(H,31,33,34);4-17H,1-3H3,(H,32,36)(H,30,33,34)/i8D,11D,12D,13D,14D,16D,18D;3D3,8D,11D,13D,14D,16D;2D3,8D,10D,11D,12D,14D.